The number of rotatable bonds is 5. The molecule has 86 valence electrons. The summed E-state index contributed by atoms with van der Waals surface area (Å²) in [5, 5.41) is 0. The van der Waals surface area contributed by atoms with E-state index < -0.39 is 0 Å². The van der Waals surface area contributed by atoms with Crippen LogP contribution >= 0.6 is 15.9 Å². The van der Waals surface area contributed by atoms with Gasteiger partial charge < -0.3 is 14.2 Å². The minimum atomic E-state index is -0.344. The molecule has 0 saturated carbocycles. The van der Waals surface area contributed by atoms with Crippen LogP contribution in [0.25, 0.3) is 0 Å². The third-order valence-corrected chi connectivity index (χ3v) is 2.76. The Morgan fingerprint density at radius 1 is 1.67 bits per heavy atom. The smallest absolute Gasteiger partial charge is 0.330 e. The lowest BCUT2D eigenvalue weighted by Gasteiger charge is -2.12. The molecule has 0 bridgehead atoms. The summed E-state index contributed by atoms with van der Waals surface area (Å²) >= 11 is 3.44. The minimum absolute atomic E-state index is 0.211. The van der Waals surface area contributed by atoms with E-state index in [1.807, 2.05) is 0 Å². The van der Waals surface area contributed by atoms with E-state index in [1.54, 1.807) is 13.0 Å². The Hall–Kier alpha value is -0.390. The van der Waals surface area contributed by atoms with Crippen molar-refractivity contribution in [2.24, 2.45) is 0 Å². The van der Waals surface area contributed by atoms with Gasteiger partial charge in [0.1, 0.15) is 0 Å². The van der Waals surface area contributed by atoms with Crippen LogP contribution in [0.2, 0.25) is 0 Å². The van der Waals surface area contributed by atoms with Crippen molar-refractivity contribution in [2.75, 3.05) is 19.8 Å². The van der Waals surface area contributed by atoms with Gasteiger partial charge in [-0.05, 0) is 13.3 Å². The van der Waals surface area contributed by atoms with Gasteiger partial charge in [0.2, 0.25) is 0 Å². The average Bonchev–Trinajstić information content (AvgIpc) is 2.60. The molecule has 0 N–H and O–H groups in total. The van der Waals surface area contributed by atoms with Gasteiger partial charge in [-0.25, -0.2) is 4.79 Å². The molecule has 5 heteroatoms. The van der Waals surface area contributed by atoms with Crippen LogP contribution in [0.3, 0.4) is 0 Å². The van der Waals surface area contributed by atoms with Crippen LogP contribution in [0.15, 0.2) is 12.2 Å². The highest BCUT2D eigenvalue weighted by Crippen LogP contribution is 2.21. The average molecular weight is 279 g/mol. The van der Waals surface area contributed by atoms with Crippen molar-refractivity contribution in [3.8, 4) is 0 Å². The van der Waals surface area contributed by atoms with Crippen molar-refractivity contribution >= 4 is 21.9 Å². The standard InChI is InChI=1S/C10H15BrO4/c1-2-13-9(12)4-3-6-14-10-8(11)5-7-15-10/h3-4,8,10H,2,5-7H2,1H3/b4-3+/t8-,10-/m0/s1. The third kappa shape index (κ3) is 4.77. The summed E-state index contributed by atoms with van der Waals surface area (Å²) in [5.41, 5.74) is 0. The lowest BCUT2D eigenvalue weighted by molar-refractivity contribution is -0.137. The minimum Gasteiger partial charge on any atom is -0.463 e. The largest absolute Gasteiger partial charge is 0.463 e. The second kappa shape index (κ2) is 6.98. The molecule has 1 fully saturated rings. The van der Waals surface area contributed by atoms with E-state index in [4.69, 9.17) is 14.2 Å². The molecular formula is C10H15BrO4. The number of ether oxygens (including phenoxy) is 3. The Kier molecular flexibility index (Phi) is 5.90. The molecule has 4 nitrogen and oxygen atoms in total. The third-order valence-electron chi connectivity index (χ3n) is 1.87. The zero-order chi connectivity index (χ0) is 11.1. The monoisotopic (exact) mass is 278 g/mol. The number of alkyl halides is 1. The summed E-state index contributed by atoms with van der Waals surface area (Å²) in [4.78, 5) is 11.1. The molecule has 0 radical (unpaired) electrons. The summed E-state index contributed by atoms with van der Waals surface area (Å²) in [6.07, 6.45) is 3.73. The number of hydrogen-bond acceptors (Lipinski definition) is 4. The summed E-state index contributed by atoms with van der Waals surface area (Å²) in [7, 11) is 0. The van der Waals surface area contributed by atoms with Crippen LogP contribution in [-0.2, 0) is 19.0 Å². The van der Waals surface area contributed by atoms with E-state index >= 15 is 0 Å². The van der Waals surface area contributed by atoms with Gasteiger partial charge in [0.15, 0.2) is 6.29 Å². The van der Waals surface area contributed by atoms with E-state index in [1.165, 1.54) is 6.08 Å². The molecule has 0 aromatic heterocycles. The second-order valence-corrected chi connectivity index (χ2v) is 4.21. The van der Waals surface area contributed by atoms with Gasteiger partial charge >= 0.3 is 5.97 Å². The second-order valence-electron chi connectivity index (χ2n) is 3.03. The van der Waals surface area contributed by atoms with Gasteiger partial charge in [-0.3, -0.25) is 0 Å². The highest BCUT2D eigenvalue weighted by Gasteiger charge is 2.25. The lowest BCUT2D eigenvalue weighted by Crippen LogP contribution is -2.19. The molecule has 0 amide bonds. The molecule has 2 atom stereocenters. The van der Waals surface area contributed by atoms with E-state index in [9.17, 15) is 4.79 Å². The maximum Gasteiger partial charge on any atom is 0.330 e. The molecule has 1 aliphatic heterocycles. The first kappa shape index (κ1) is 12.7. The highest BCUT2D eigenvalue weighted by molar-refractivity contribution is 9.09. The molecule has 0 aromatic rings. The van der Waals surface area contributed by atoms with Crippen LogP contribution in [0.4, 0.5) is 0 Å². The predicted molar refractivity (Wildman–Crippen MR) is 58.8 cm³/mol. The lowest BCUT2D eigenvalue weighted by atomic mass is 10.4. The van der Waals surface area contributed by atoms with Crippen molar-refractivity contribution in [2.45, 2.75) is 24.5 Å². The Morgan fingerprint density at radius 2 is 2.47 bits per heavy atom. The first-order valence-electron chi connectivity index (χ1n) is 4.94. The molecule has 0 aliphatic carbocycles. The molecule has 1 rings (SSSR count). The fourth-order valence-electron chi connectivity index (χ4n) is 1.17. The Bertz CT molecular complexity index is 229. The normalized spacial score (nSPS) is 26.0. The highest BCUT2D eigenvalue weighted by atomic mass is 79.9. The molecular weight excluding hydrogens is 264 g/mol. The summed E-state index contributed by atoms with van der Waals surface area (Å²) in [5.74, 6) is -0.344. The maximum absolute atomic E-state index is 10.9. The van der Waals surface area contributed by atoms with E-state index in [0.717, 1.165) is 6.42 Å². The Balaban J connectivity index is 2.12. The van der Waals surface area contributed by atoms with Crippen LogP contribution in [-0.4, -0.2) is 36.9 Å². The Labute approximate surface area is 97.7 Å². The van der Waals surface area contributed by atoms with E-state index in [0.29, 0.717) is 19.8 Å². The predicted octanol–water partition coefficient (Wildman–Crippen LogP) is 1.63. The van der Waals surface area contributed by atoms with Gasteiger partial charge in [0, 0.05) is 6.08 Å². The van der Waals surface area contributed by atoms with Crippen molar-refractivity contribution in [1.29, 1.82) is 0 Å². The SMILES string of the molecule is CCOC(=O)/C=C/CO[C@H]1OCC[C@@H]1Br. The first-order valence-corrected chi connectivity index (χ1v) is 5.86. The Morgan fingerprint density at radius 3 is 3.07 bits per heavy atom. The number of carbonyl (C=O) groups is 1. The molecule has 15 heavy (non-hydrogen) atoms. The molecule has 0 unspecified atom stereocenters. The van der Waals surface area contributed by atoms with Gasteiger partial charge in [-0.1, -0.05) is 22.0 Å². The molecule has 0 aromatic carbocycles. The zero-order valence-corrected chi connectivity index (χ0v) is 10.2. The van der Waals surface area contributed by atoms with Crippen LogP contribution < -0.4 is 0 Å². The van der Waals surface area contributed by atoms with Gasteiger partial charge in [-0.2, -0.15) is 0 Å². The van der Waals surface area contributed by atoms with E-state index in [-0.39, 0.29) is 17.1 Å². The number of hydrogen-bond donors (Lipinski definition) is 0. The van der Waals surface area contributed by atoms with Crippen molar-refractivity contribution < 1.29 is 19.0 Å². The van der Waals surface area contributed by atoms with Crippen molar-refractivity contribution in [1.82, 2.24) is 0 Å². The fraction of sp³-hybridized carbons (Fsp3) is 0.700. The molecule has 1 saturated heterocycles. The summed E-state index contributed by atoms with van der Waals surface area (Å²) < 4.78 is 15.4. The number of halogens is 1. The first-order chi connectivity index (χ1) is 7.24. The van der Waals surface area contributed by atoms with Crippen LogP contribution in [0.1, 0.15) is 13.3 Å². The molecule has 1 heterocycles. The number of esters is 1. The fourth-order valence-corrected chi connectivity index (χ4v) is 1.67. The summed E-state index contributed by atoms with van der Waals surface area (Å²) in [6.45, 7) is 3.22. The van der Waals surface area contributed by atoms with Crippen LogP contribution in [0.5, 0.6) is 0 Å². The quantitative estimate of drug-likeness (QED) is 0.436. The molecule has 1 aliphatic rings. The summed E-state index contributed by atoms with van der Waals surface area (Å²) in [6, 6.07) is 0. The van der Waals surface area contributed by atoms with Gasteiger partial charge in [-0.15, -0.1) is 0 Å². The maximum atomic E-state index is 10.9. The topological polar surface area (TPSA) is 44.8 Å². The van der Waals surface area contributed by atoms with Crippen LogP contribution in [0, 0.1) is 0 Å². The van der Waals surface area contributed by atoms with Gasteiger partial charge in [0.05, 0.1) is 24.6 Å². The zero-order valence-electron chi connectivity index (χ0n) is 8.65. The molecule has 0 spiro atoms. The van der Waals surface area contributed by atoms with Gasteiger partial charge in [0.25, 0.3) is 0 Å². The number of carbonyl (C=O) groups excluding carboxylic acids is 1. The van der Waals surface area contributed by atoms with Crippen molar-refractivity contribution in [3.63, 3.8) is 0 Å². The van der Waals surface area contributed by atoms with E-state index in [2.05, 4.69) is 15.9 Å². The van der Waals surface area contributed by atoms with Crippen molar-refractivity contribution in [3.05, 3.63) is 12.2 Å².